The molecule has 1 atom stereocenters. The first kappa shape index (κ1) is 16.5. The van der Waals surface area contributed by atoms with Gasteiger partial charge in [0.15, 0.2) is 0 Å². The Balaban J connectivity index is 2.45. The molecule has 1 rings (SSSR count). The number of carbonyl (C=O) groups excluding carboxylic acids is 1. The Bertz CT molecular complexity index is 416. The second-order valence-corrected chi connectivity index (χ2v) is 5.28. The number of aliphatic hydroxyl groups is 1. The smallest absolute Gasteiger partial charge is 0.220 e. The van der Waals surface area contributed by atoms with E-state index < -0.39 is 0 Å². The summed E-state index contributed by atoms with van der Waals surface area (Å²) in [6.45, 7) is 4.07. The van der Waals surface area contributed by atoms with Gasteiger partial charge >= 0.3 is 0 Å². The molecule has 0 heterocycles. The zero-order valence-corrected chi connectivity index (χ0v) is 12.6. The fraction of sp³-hybridized carbons (Fsp3) is 0.562. The summed E-state index contributed by atoms with van der Waals surface area (Å²) >= 11 is 0. The van der Waals surface area contributed by atoms with Crippen molar-refractivity contribution >= 4 is 5.91 Å². The molecule has 0 aliphatic rings. The van der Waals surface area contributed by atoms with Crippen LogP contribution in [0.4, 0.5) is 0 Å². The van der Waals surface area contributed by atoms with Crippen LogP contribution in [0.3, 0.4) is 0 Å². The summed E-state index contributed by atoms with van der Waals surface area (Å²) in [6, 6.07) is 7.74. The van der Waals surface area contributed by atoms with Gasteiger partial charge in [-0.05, 0) is 43.9 Å². The van der Waals surface area contributed by atoms with Crippen LogP contribution in [-0.2, 0) is 11.2 Å². The number of hydrogen-bond acceptors (Lipinski definition) is 3. The normalized spacial score (nSPS) is 13.6. The van der Waals surface area contributed by atoms with Crippen molar-refractivity contribution in [1.29, 1.82) is 0 Å². The number of amides is 1. The summed E-state index contributed by atoms with van der Waals surface area (Å²) in [5.41, 5.74) is 0.799. The average Bonchev–Trinajstić information content (AvgIpc) is 2.46. The van der Waals surface area contributed by atoms with Crippen LogP contribution in [0.5, 0.6) is 5.75 Å². The molecule has 0 saturated carbocycles. The summed E-state index contributed by atoms with van der Waals surface area (Å²) in [5, 5.41) is 12.1. The molecule has 0 aliphatic carbocycles. The molecule has 0 fully saturated rings. The SMILES string of the molecule is CCC(C)(CCO)NC(=O)CCc1ccc(OC)cc1. The highest BCUT2D eigenvalue weighted by Crippen LogP contribution is 2.15. The third kappa shape index (κ3) is 5.21. The molecule has 0 aliphatic heterocycles. The first-order valence-electron chi connectivity index (χ1n) is 7.08. The van der Waals surface area contributed by atoms with E-state index >= 15 is 0 Å². The van der Waals surface area contributed by atoms with E-state index in [1.54, 1.807) is 7.11 Å². The predicted molar refractivity (Wildman–Crippen MR) is 79.9 cm³/mol. The van der Waals surface area contributed by atoms with E-state index in [2.05, 4.69) is 5.32 Å². The standard InChI is InChI=1S/C16H25NO3/c1-4-16(2,11-12-18)17-15(19)10-7-13-5-8-14(20-3)9-6-13/h5-6,8-9,18H,4,7,10-12H2,1-3H3,(H,17,19). The van der Waals surface area contributed by atoms with Gasteiger partial charge in [0, 0.05) is 18.6 Å². The summed E-state index contributed by atoms with van der Waals surface area (Å²) < 4.78 is 5.10. The molecule has 0 saturated heterocycles. The van der Waals surface area contributed by atoms with E-state index in [4.69, 9.17) is 9.84 Å². The van der Waals surface area contributed by atoms with Crippen LogP contribution < -0.4 is 10.1 Å². The molecule has 0 radical (unpaired) electrons. The van der Waals surface area contributed by atoms with Gasteiger partial charge in [-0.15, -0.1) is 0 Å². The fourth-order valence-corrected chi connectivity index (χ4v) is 2.02. The van der Waals surface area contributed by atoms with Crippen LogP contribution in [0.25, 0.3) is 0 Å². The van der Waals surface area contributed by atoms with Crippen molar-refractivity contribution in [1.82, 2.24) is 5.32 Å². The van der Waals surface area contributed by atoms with E-state index in [-0.39, 0.29) is 18.1 Å². The van der Waals surface area contributed by atoms with Gasteiger partial charge in [-0.25, -0.2) is 0 Å². The molecule has 0 aromatic heterocycles. The molecule has 1 aromatic rings. The van der Waals surface area contributed by atoms with Crippen molar-refractivity contribution in [2.45, 2.75) is 45.1 Å². The van der Waals surface area contributed by atoms with Gasteiger partial charge in [0.05, 0.1) is 7.11 Å². The van der Waals surface area contributed by atoms with Crippen LogP contribution in [0, 0.1) is 0 Å². The lowest BCUT2D eigenvalue weighted by atomic mass is 9.94. The van der Waals surface area contributed by atoms with Gasteiger partial charge in [0.25, 0.3) is 0 Å². The molecule has 1 unspecified atom stereocenters. The number of aliphatic hydroxyl groups excluding tert-OH is 1. The Morgan fingerprint density at radius 1 is 1.35 bits per heavy atom. The molecule has 2 N–H and O–H groups in total. The minimum absolute atomic E-state index is 0.0265. The highest BCUT2D eigenvalue weighted by atomic mass is 16.5. The monoisotopic (exact) mass is 279 g/mol. The summed E-state index contributed by atoms with van der Waals surface area (Å²) in [6.07, 6.45) is 2.54. The molecule has 0 spiro atoms. The van der Waals surface area contributed by atoms with E-state index in [1.807, 2.05) is 38.1 Å². The second-order valence-electron chi connectivity index (χ2n) is 5.28. The van der Waals surface area contributed by atoms with Crippen LogP contribution in [0.1, 0.15) is 38.7 Å². The topological polar surface area (TPSA) is 58.6 Å². The average molecular weight is 279 g/mol. The molecule has 1 amide bonds. The third-order valence-electron chi connectivity index (χ3n) is 3.68. The van der Waals surface area contributed by atoms with Gasteiger partial charge in [-0.2, -0.15) is 0 Å². The highest BCUT2D eigenvalue weighted by Gasteiger charge is 2.23. The Labute approximate surface area is 121 Å². The number of carbonyl (C=O) groups is 1. The Kier molecular flexibility index (Phi) is 6.52. The molecule has 4 nitrogen and oxygen atoms in total. The highest BCUT2D eigenvalue weighted by molar-refractivity contribution is 5.77. The van der Waals surface area contributed by atoms with Crippen LogP contribution in [0.2, 0.25) is 0 Å². The Morgan fingerprint density at radius 3 is 2.50 bits per heavy atom. The molecular formula is C16H25NO3. The zero-order chi connectivity index (χ0) is 15.0. The van der Waals surface area contributed by atoms with Crippen LogP contribution >= 0.6 is 0 Å². The molecule has 4 heteroatoms. The maximum atomic E-state index is 12.0. The van der Waals surface area contributed by atoms with E-state index in [9.17, 15) is 4.79 Å². The zero-order valence-electron chi connectivity index (χ0n) is 12.6. The largest absolute Gasteiger partial charge is 0.497 e. The first-order chi connectivity index (χ1) is 9.53. The third-order valence-corrected chi connectivity index (χ3v) is 3.68. The Hall–Kier alpha value is -1.55. The van der Waals surface area contributed by atoms with Crippen molar-refractivity contribution in [3.63, 3.8) is 0 Å². The van der Waals surface area contributed by atoms with Crippen molar-refractivity contribution in [3.05, 3.63) is 29.8 Å². The van der Waals surface area contributed by atoms with E-state index in [0.717, 1.165) is 17.7 Å². The number of hydrogen-bond donors (Lipinski definition) is 2. The molecule has 112 valence electrons. The minimum Gasteiger partial charge on any atom is -0.497 e. The number of aryl methyl sites for hydroxylation is 1. The molecule has 1 aromatic carbocycles. The lowest BCUT2D eigenvalue weighted by Gasteiger charge is -2.29. The van der Waals surface area contributed by atoms with E-state index in [1.165, 1.54) is 0 Å². The number of rotatable bonds is 8. The Morgan fingerprint density at radius 2 is 2.00 bits per heavy atom. The summed E-state index contributed by atoms with van der Waals surface area (Å²) in [4.78, 5) is 12.0. The fourth-order valence-electron chi connectivity index (χ4n) is 2.02. The maximum Gasteiger partial charge on any atom is 0.220 e. The summed E-state index contributed by atoms with van der Waals surface area (Å²) in [7, 11) is 1.63. The molecular weight excluding hydrogens is 254 g/mol. The quantitative estimate of drug-likeness (QED) is 0.767. The van der Waals surface area contributed by atoms with Crippen molar-refractivity contribution in [2.24, 2.45) is 0 Å². The van der Waals surface area contributed by atoms with Gasteiger partial charge in [0.1, 0.15) is 5.75 Å². The number of methoxy groups -OCH3 is 1. The molecule has 0 bridgehead atoms. The number of nitrogens with one attached hydrogen (secondary N) is 1. The minimum atomic E-state index is -0.314. The van der Waals surface area contributed by atoms with Crippen molar-refractivity contribution in [2.75, 3.05) is 13.7 Å². The van der Waals surface area contributed by atoms with Crippen LogP contribution in [0.15, 0.2) is 24.3 Å². The maximum absolute atomic E-state index is 12.0. The molecule has 20 heavy (non-hydrogen) atoms. The predicted octanol–water partition coefficient (Wildman–Crippen LogP) is 2.30. The van der Waals surface area contributed by atoms with Gasteiger partial charge in [-0.1, -0.05) is 19.1 Å². The van der Waals surface area contributed by atoms with Gasteiger partial charge < -0.3 is 15.2 Å². The lowest BCUT2D eigenvalue weighted by Crippen LogP contribution is -2.46. The number of ether oxygens (including phenoxy) is 1. The summed E-state index contributed by atoms with van der Waals surface area (Å²) in [5.74, 6) is 0.846. The van der Waals surface area contributed by atoms with Crippen LogP contribution in [-0.4, -0.2) is 30.3 Å². The van der Waals surface area contributed by atoms with E-state index in [0.29, 0.717) is 19.3 Å². The second kappa shape index (κ2) is 7.90. The lowest BCUT2D eigenvalue weighted by molar-refractivity contribution is -0.123. The first-order valence-corrected chi connectivity index (χ1v) is 7.08. The number of benzene rings is 1. The van der Waals surface area contributed by atoms with Crippen molar-refractivity contribution in [3.8, 4) is 5.75 Å². The van der Waals surface area contributed by atoms with Crippen molar-refractivity contribution < 1.29 is 14.6 Å². The van der Waals surface area contributed by atoms with Gasteiger partial charge in [-0.3, -0.25) is 4.79 Å². The van der Waals surface area contributed by atoms with Gasteiger partial charge in [0.2, 0.25) is 5.91 Å².